The molecule has 0 radical (unpaired) electrons. The molecule has 5 nitrogen and oxygen atoms in total. The first kappa shape index (κ1) is 19.4. The molecule has 0 saturated carbocycles. The van der Waals surface area contributed by atoms with Gasteiger partial charge in [-0.3, -0.25) is 14.2 Å². The molecule has 4 aromatic rings. The fourth-order valence-electron chi connectivity index (χ4n) is 2.81. The number of fused-ring (bicyclic) bond motifs is 1. The highest BCUT2D eigenvalue weighted by Gasteiger charge is 2.14. The molecule has 1 amide bonds. The van der Waals surface area contributed by atoms with Crippen LogP contribution in [-0.4, -0.2) is 21.2 Å². The van der Waals surface area contributed by atoms with Gasteiger partial charge in [-0.1, -0.05) is 48.2 Å². The van der Waals surface area contributed by atoms with Crippen LogP contribution in [0.4, 0.5) is 10.1 Å². The van der Waals surface area contributed by atoms with Gasteiger partial charge in [0, 0.05) is 17.6 Å². The van der Waals surface area contributed by atoms with Crippen molar-refractivity contribution < 1.29 is 9.18 Å². The molecule has 0 unspecified atom stereocenters. The number of anilines is 1. The summed E-state index contributed by atoms with van der Waals surface area (Å²) >= 11 is 2.61. The second-order valence-electron chi connectivity index (χ2n) is 6.30. The Morgan fingerprint density at radius 2 is 1.97 bits per heavy atom. The number of hydrogen-bond acceptors (Lipinski definition) is 5. The van der Waals surface area contributed by atoms with Gasteiger partial charge in [0.2, 0.25) is 5.91 Å². The van der Waals surface area contributed by atoms with Crippen molar-refractivity contribution in [2.24, 2.45) is 7.05 Å². The minimum absolute atomic E-state index is 0.0548. The molecule has 0 atom stereocenters. The molecule has 1 N–H and O–H groups in total. The molecule has 0 aliphatic heterocycles. The van der Waals surface area contributed by atoms with E-state index < -0.39 is 5.82 Å². The second-order valence-corrected chi connectivity index (χ2v) is 8.27. The van der Waals surface area contributed by atoms with Gasteiger partial charge in [-0.25, -0.2) is 9.37 Å². The third-order valence-corrected chi connectivity index (χ3v) is 6.34. The molecule has 0 aliphatic rings. The van der Waals surface area contributed by atoms with Crippen LogP contribution in [0, 0.1) is 5.82 Å². The molecule has 0 saturated heterocycles. The van der Waals surface area contributed by atoms with E-state index in [9.17, 15) is 14.0 Å². The minimum atomic E-state index is -0.420. The lowest BCUT2D eigenvalue weighted by molar-refractivity contribution is -0.113. The SMILES string of the molecule is Cn1c(SCC(=O)Nc2cccc(F)c2)nc2sc(-c3ccccc3)cc2c1=O. The summed E-state index contributed by atoms with van der Waals surface area (Å²) in [7, 11) is 1.64. The van der Waals surface area contributed by atoms with Gasteiger partial charge in [0.05, 0.1) is 11.1 Å². The molecule has 4 rings (SSSR count). The highest BCUT2D eigenvalue weighted by molar-refractivity contribution is 7.99. The number of aromatic nitrogens is 2. The summed E-state index contributed by atoms with van der Waals surface area (Å²) < 4.78 is 14.7. The molecule has 29 heavy (non-hydrogen) atoms. The Balaban J connectivity index is 1.55. The number of nitrogens with one attached hydrogen (secondary N) is 1. The van der Waals surface area contributed by atoms with Gasteiger partial charge in [0.1, 0.15) is 10.6 Å². The fourth-order valence-corrected chi connectivity index (χ4v) is 4.66. The van der Waals surface area contributed by atoms with Crippen LogP contribution >= 0.6 is 23.1 Å². The van der Waals surface area contributed by atoms with Crippen LogP contribution in [-0.2, 0) is 11.8 Å². The zero-order valence-corrected chi connectivity index (χ0v) is 17.0. The lowest BCUT2D eigenvalue weighted by Crippen LogP contribution is -2.20. The number of thioether (sulfide) groups is 1. The largest absolute Gasteiger partial charge is 0.325 e. The average molecular weight is 426 g/mol. The van der Waals surface area contributed by atoms with Crippen LogP contribution in [0.5, 0.6) is 0 Å². The maximum atomic E-state index is 13.2. The van der Waals surface area contributed by atoms with Crippen molar-refractivity contribution in [1.29, 1.82) is 0 Å². The van der Waals surface area contributed by atoms with Gasteiger partial charge in [0.15, 0.2) is 5.16 Å². The van der Waals surface area contributed by atoms with Crippen molar-refractivity contribution >= 4 is 44.9 Å². The van der Waals surface area contributed by atoms with Crippen molar-refractivity contribution in [2.45, 2.75) is 5.16 Å². The molecule has 2 heterocycles. The molecule has 0 aliphatic carbocycles. The summed E-state index contributed by atoms with van der Waals surface area (Å²) in [5.74, 6) is -0.665. The van der Waals surface area contributed by atoms with E-state index in [-0.39, 0.29) is 17.2 Å². The normalized spacial score (nSPS) is 11.0. The lowest BCUT2D eigenvalue weighted by atomic mass is 10.2. The summed E-state index contributed by atoms with van der Waals surface area (Å²) in [5.41, 5.74) is 1.27. The summed E-state index contributed by atoms with van der Waals surface area (Å²) in [4.78, 5) is 31.1. The number of halogens is 1. The number of nitrogens with zero attached hydrogens (tertiary/aromatic N) is 2. The van der Waals surface area contributed by atoms with Crippen LogP contribution < -0.4 is 10.9 Å². The zero-order valence-electron chi connectivity index (χ0n) is 15.4. The predicted molar refractivity (Wildman–Crippen MR) is 116 cm³/mol. The Morgan fingerprint density at radius 3 is 2.72 bits per heavy atom. The Bertz CT molecular complexity index is 1250. The zero-order chi connectivity index (χ0) is 20.4. The Labute approximate surface area is 174 Å². The molecule has 146 valence electrons. The molecule has 0 spiro atoms. The van der Waals surface area contributed by atoms with Gasteiger partial charge in [0.25, 0.3) is 5.56 Å². The molecule has 8 heteroatoms. The van der Waals surface area contributed by atoms with Crippen LogP contribution in [0.3, 0.4) is 0 Å². The fraction of sp³-hybridized carbons (Fsp3) is 0.0952. The molecular formula is C21H16FN3O2S2. The third-order valence-electron chi connectivity index (χ3n) is 4.23. The second kappa shape index (κ2) is 8.18. The maximum absolute atomic E-state index is 13.2. The summed E-state index contributed by atoms with van der Waals surface area (Å²) in [6.07, 6.45) is 0. The monoisotopic (exact) mass is 425 g/mol. The first-order valence-electron chi connectivity index (χ1n) is 8.75. The number of hydrogen-bond donors (Lipinski definition) is 1. The van der Waals surface area contributed by atoms with Crippen LogP contribution in [0.1, 0.15) is 0 Å². The van der Waals surface area contributed by atoms with Crippen molar-refractivity contribution in [2.75, 3.05) is 11.1 Å². The van der Waals surface area contributed by atoms with E-state index in [1.54, 1.807) is 13.1 Å². The first-order chi connectivity index (χ1) is 14.0. The van der Waals surface area contributed by atoms with Crippen molar-refractivity contribution in [3.8, 4) is 10.4 Å². The topological polar surface area (TPSA) is 64.0 Å². The highest BCUT2D eigenvalue weighted by Crippen LogP contribution is 2.31. The lowest BCUT2D eigenvalue weighted by Gasteiger charge is -2.07. The van der Waals surface area contributed by atoms with Gasteiger partial charge in [-0.2, -0.15) is 0 Å². The van der Waals surface area contributed by atoms with Crippen molar-refractivity contribution in [3.05, 3.63) is 76.8 Å². The van der Waals surface area contributed by atoms with E-state index in [2.05, 4.69) is 10.3 Å². The van der Waals surface area contributed by atoms with E-state index in [0.29, 0.717) is 21.1 Å². The van der Waals surface area contributed by atoms with Gasteiger partial charge in [-0.05, 0) is 29.8 Å². The molecule has 2 aromatic heterocycles. The number of thiophene rings is 1. The van der Waals surface area contributed by atoms with Crippen molar-refractivity contribution in [3.63, 3.8) is 0 Å². The molecule has 0 bridgehead atoms. The standard InChI is InChI=1S/C21H16FN3O2S2/c1-25-20(27)16-11-17(13-6-3-2-4-7-13)29-19(16)24-21(25)28-12-18(26)23-15-9-5-8-14(22)10-15/h2-11H,12H2,1H3,(H,23,26). The Kier molecular flexibility index (Phi) is 5.46. The predicted octanol–water partition coefficient (Wildman–Crippen LogP) is 4.53. The number of rotatable bonds is 5. The van der Waals surface area contributed by atoms with E-state index >= 15 is 0 Å². The number of amides is 1. The smallest absolute Gasteiger partial charge is 0.262 e. The third kappa shape index (κ3) is 4.23. The first-order valence-corrected chi connectivity index (χ1v) is 10.6. The maximum Gasteiger partial charge on any atom is 0.262 e. The molecule has 0 fully saturated rings. The minimum Gasteiger partial charge on any atom is -0.325 e. The van der Waals surface area contributed by atoms with E-state index in [1.807, 2.05) is 36.4 Å². The van der Waals surface area contributed by atoms with Gasteiger partial charge >= 0.3 is 0 Å². The number of benzene rings is 2. The Morgan fingerprint density at radius 1 is 1.17 bits per heavy atom. The van der Waals surface area contributed by atoms with Crippen molar-refractivity contribution in [1.82, 2.24) is 9.55 Å². The van der Waals surface area contributed by atoms with Crippen LogP contribution in [0.2, 0.25) is 0 Å². The quantitative estimate of drug-likeness (QED) is 0.377. The average Bonchev–Trinajstić information content (AvgIpc) is 3.15. The van der Waals surface area contributed by atoms with Crippen LogP contribution in [0.25, 0.3) is 20.7 Å². The van der Waals surface area contributed by atoms with E-state index in [4.69, 9.17) is 0 Å². The molecular weight excluding hydrogens is 409 g/mol. The molecule has 2 aromatic carbocycles. The Hall–Kier alpha value is -2.97. The number of carbonyl (C=O) groups is 1. The van der Waals surface area contributed by atoms with E-state index in [0.717, 1.165) is 10.4 Å². The van der Waals surface area contributed by atoms with Crippen LogP contribution in [0.15, 0.2) is 70.6 Å². The van der Waals surface area contributed by atoms with E-state index in [1.165, 1.54) is 45.9 Å². The van der Waals surface area contributed by atoms with Gasteiger partial charge < -0.3 is 5.32 Å². The number of carbonyl (C=O) groups excluding carboxylic acids is 1. The summed E-state index contributed by atoms with van der Waals surface area (Å²) in [6.45, 7) is 0. The highest BCUT2D eigenvalue weighted by atomic mass is 32.2. The summed E-state index contributed by atoms with van der Waals surface area (Å²) in [5, 5.41) is 3.65. The summed E-state index contributed by atoms with van der Waals surface area (Å²) in [6, 6.07) is 17.4. The van der Waals surface area contributed by atoms with Gasteiger partial charge in [-0.15, -0.1) is 11.3 Å².